The van der Waals surface area contributed by atoms with Crippen molar-refractivity contribution in [2.75, 3.05) is 6.61 Å². The van der Waals surface area contributed by atoms with Crippen LogP contribution in [0.5, 0.6) is 5.75 Å². The van der Waals surface area contributed by atoms with Crippen molar-refractivity contribution < 1.29 is 32.6 Å². The number of benzene rings is 1. The van der Waals surface area contributed by atoms with Gasteiger partial charge in [0.1, 0.15) is 11.4 Å². The predicted molar refractivity (Wildman–Crippen MR) is 92.8 cm³/mol. The van der Waals surface area contributed by atoms with Crippen LogP contribution in [0.3, 0.4) is 0 Å². The summed E-state index contributed by atoms with van der Waals surface area (Å²) in [6, 6.07) is 6.25. The molecule has 0 fully saturated rings. The summed E-state index contributed by atoms with van der Waals surface area (Å²) in [6.45, 7) is 3.14. The lowest BCUT2D eigenvalue weighted by Crippen LogP contribution is -2.42. The Morgan fingerprint density at radius 3 is 2.37 bits per heavy atom. The first-order valence-electron chi connectivity index (χ1n) is 8.49. The molecular weight excluding hydrogens is 363 g/mol. The molecular formula is C19H22F3NO4. The Kier molecular flexibility index (Phi) is 8.32. The quantitative estimate of drug-likeness (QED) is 0.708. The highest BCUT2D eigenvalue weighted by Crippen LogP contribution is 2.19. The number of carbonyl (C=O) groups excluding carboxylic acids is 2. The van der Waals surface area contributed by atoms with E-state index in [2.05, 4.69) is 11.8 Å². The number of nitrogens with one attached hydrogen (secondary N) is 1. The maximum Gasteiger partial charge on any atom is 0.471 e. The molecule has 0 spiro atoms. The van der Waals surface area contributed by atoms with Crippen molar-refractivity contribution in [3.05, 3.63) is 29.8 Å². The van der Waals surface area contributed by atoms with Crippen molar-refractivity contribution in [1.82, 2.24) is 5.32 Å². The molecule has 0 saturated carbocycles. The largest absolute Gasteiger partial charge is 0.484 e. The van der Waals surface area contributed by atoms with Gasteiger partial charge in [0.05, 0.1) is 0 Å². The Balaban J connectivity index is 2.73. The van der Waals surface area contributed by atoms with E-state index < -0.39 is 30.2 Å². The van der Waals surface area contributed by atoms with E-state index in [1.165, 1.54) is 17.4 Å². The van der Waals surface area contributed by atoms with Crippen LogP contribution in [-0.2, 0) is 9.59 Å². The molecule has 0 aliphatic heterocycles. The summed E-state index contributed by atoms with van der Waals surface area (Å²) in [5, 5.41) is 11.7. The van der Waals surface area contributed by atoms with Crippen molar-refractivity contribution in [3.8, 4) is 17.6 Å². The molecule has 1 aromatic carbocycles. The van der Waals surface area contributed by atoms with Gasteiger partial charge < -0.3 is 9.84 Å². The van der Waals surface area contributed by atoms with E-state index >= 15 is 0 Å². The summed E-state index contributed by atoms with van der Waals surface area (Å²) in [4.78, 5) is 22.0. The van der Waals surface area contributed by atoms with Crippen LogP contribution in [0.15, 0.2) is 24.3 Å². The van der Waals surface area contributed by atoms with Gasteiger partial charge in [0.2, 0.25) is 0 Å². The van der Waals surface area contributed by atoms with Gasteiger partial charge >= 0.3 is 12.1 Å². The molecule has 0 unspecified atom stereocenters. The molecule has 1 rings (SSSR count). The minimum absolute atomic E-state index is 0.200. The van der Waals surface area contributed by atoms with Crippen LogP contribution in [0.2, 0.25) is 0 Å². The molecule has 27 heavy (non-hydrogen) atoms. The van der Waals surface area contributed by atoms with Crippen molar-refractivity contribution in [1.29, 1.82) is 0 Å². The van der Waals surface area contributed by atoms with Crippen molar-refractivity contribution in [3.63, 3.8) is 0 Å². The number of amides is 2. The summed E-state index contributed by atoms with van der Waals surface area (Å²) in [6.07, 6.45) is -2.51. The average molecular weight is 385 g/mol. The van der Waals surface area contributed by atoms with Crippen LogP contribution in [-0.4, -0.2) is 35.3 Å². The lowest BCUT2D eigenvalue weighted by molar-refractivity contribution is -0.175. The fourth-order valence-electron chi connectivity index (χ4n) is 2.31. The van der Waals surface area contributed by atoms with Crippen LogP contribution in [0.1, 0.15) is 45.1 Å². The Morgan fingerprint density at radius 1 is 1.19 bits per heavy atom. The highest BCUT2D eigenvalue weighted by atomic mass is 19.4. The van der Waals surface area contributed by atoms with E-state index in [-0.39, 0.29) is 5.75 Å². The fraction of sp³-hybridized carbons (Fsp3) is 0.474. The number of hydrogen-bond donors (Lipinski definition) is 2. The Morgan fingerprint density at radius 2 is 1.81 bits per heavy atom. The van der Waals surface area contributed by atoms with Gasteiger partial charge in [-0.25, -0.2) is 0 Å². The fourth-order valence-corrected chi connectivity index (χ4v) is 2.31. The summed E-state index contributed by atoms with van der Waals surface area (Å²) < 4.78 is 41.3. The van der Waals surface area contributed by atoms with Gasteiger partial charge in [0.15, 0.2) is 6.61 Å². The standard InChI is InChI=1S/C19H22F3NO4/c1-3-9-18(26,10-4-2)11-8-14-6-5-7-15(12-14)27-13-16(24)23-17(25)19(20,21)22/h5-7,12,26H,3-4,9-10,13H2,1-2H3,(H,23,24,25). The van der Waals surface area contributed by atoms with Crippen LogP contribution in [0.4, 0.5) is 13.2 Å². The molecule has 0 radical (unpaired) electrons. The van der Waals surface area contributed by atoms with Gasteiger partial charge in [-0.3, -0.25) is 14.9 Å². The second-order valence-electron chi connectivity index (χ2n) is 5.97. The zero-order valence-corrected chi connectivity index (χ0v) is 15.2. The third-order valence-corrected chi connectivity index (χ3v) is 3.48. The average Bonchev–Trinajstić information content (AvgIpc) is 2.58. The van der Waals surface area contributed by atoms with E-state index in [0.29, 0.717) is 18.4 Å². The zero-order chi connectivity index (χ0) is 20.5. The molecule has 0 atom stereocenters. The summed E-state index contributed by atoms with van der Waals surface area (Å²) >= 11 is 0. The van der Waals surface area contributed by atoms with Crippen LogP contribution in [0, 0.1) is 11.8 Å². The van der Waals surface area contributed by atoms with E-state index in [4.69, 9.17) is 4.74 Å². The van der Waals surface area contributed by atoms with Crippen molar-refractivity contribution >= 4 is 11.8 Å². The first-order chi connectivity index (χ1) is 12.6. The molecule has 0 saturated heterocycles. The molecule has 8 heteroatoms. The van der Waals surface area contributed by atoms with E-state index in [9.17, 15) is 27.9 Å². The third kappa shape index (κ3) is 8.13. The molecule has 0 aliphatic carbocycles. The smallest absolute Gasteiger partial charge is 0.471 e. The van der Waals surface area contributed by atoms with Gasteiger partial charge in [-0.05, 0) is 31.0 Å². The number of aliphatic hydroxyl groups is 1. The molecule has 2 N–H and O–H groups in total. The maximum atomic E-state index is 12.1. The number of halogens is 3. The second kappa shape index (κ2) is 9.97. The molecule has 148 valence electrons. The van der Waals surface area contributed by atoms with Gasteiger partial charge in [-0.15, -0.1) is 0 Å². The number of imide groups is 1. The van der Waals surface area contributed by atoms with Crippen molar-refractivity contribution in [2.24, 2.45) is 0 Å². The SMILES string of the molecule is CCCC(O)(C#Cc1cccc(OCC(=O)NC(=O)C(F)(F)F)c1)CCC. The van der Waals surface area contributed by atoms with Crippen LogP contribution >= 0.6 is 0 Å². The summed E-state index contributed by atoms with van der Waals surface area (Å²) in [5.74, 6) is 2.34. The van der Waals surface area contributed by atoms with Gasteiger partial charge in [0.25, 0.3) is 5.91 Å². The van der Waals surface area contributed by atoms with E-state index in [1.54, 1.807) is 12.1 Å². The maximum absolute atomic E-state index is 12.1. The summed E-state index contributed by atoms with van der Waals surface area (Å²) in [7, 11) is 0. The molecule has 0 heterocycles. The number of carbonyl (C=O) groups is 2. The first-order valence-corrected chi connectivity index (χ1v) is 8.49. The van der Waals surface area contributed by atoms with Gasteiger partial charge in [0, 0.05) is 5.56 Å². The predicted octanol–water partition coefficient (Wildman–Crippen LogP) is 2.95. The van der Waals surface area contributed by atoms with Crippen LogP contribution in [0.25, 0.3) is 0 Å². The molecule has 0 bridgehead atoms. The van der Waals surface area contributed by atoms with Crippen molar-refractivity contribution in [2.45, 2.75) is 51.3 Å². The molecule has 1 aromatic rings. The minimum Gasteiger partial charge on any atom is -0.484 e. The number of alkyl halides is 3. The molecule has 0 aliphatic rings. The number of ether oxygens (including phenoxy) is 1. The second-order valence-corrected chi connectivity index (χ2v) is 5.97. The lowest BCUT2D eigenvalue weighted by atomic mass is 9.93. The molecule has 0 aromatic heterocycles. The highest BCUT2D eigenvalue weighted by Gasteiger charge is 2.39. The zero-order valence-electron chi connectivity index (χ0n) is 15.2. The monoisotopic (exact) mass is 385 g/mol. The first kappa shape index (κ1) is 22.5. The lowest BCUT2D eigenvalue weighted by Gasteiger charge is -2.20. The highest BCUT2D eigenvalue weighted by molar-refractivity contribution is 5.98. The Hall–Kier alpha value is -2.53. The topological polar surface area (TPSA) is 75.6 Å². The molecule has 2 amide bonds. The summed E-state index contributed by atoms with van der Waals surface area (Å²) in [5.41, 5.74) is -0.567. The number of rotatable bonds is 7. The Labute approximate surface area is 155 Å². The molecule has 5 nitrogen and oxygen atoms in total. The normalized spacial score (nSPS) is 11.3. The van der Waals surface area contributed by atoms with E-state index in [0.717, 1.165) is 12.8 Å². The number of hydrogen-bond acceptors (Lipinski definition) is 4. The third-order valence-electron chi connectivity index (χ3n) is 3.48. The van der Waals surface area contributed by atoms with Gasteiger partial charge in [-0.2, -0.15) is 13.2 Å². The Bertz CT molecular complexity index is 714. The van der Waals surface area contributed by atoms with Crippen LogP contribution < -0.4 is 10.1 Å². The minimum atomic E-state index is -5.14. The van der Waals surface area contributed by atoms with Gasteiger partial charge in [-0.1, -0.05) is 44.6 Å². The van der Waals surface area contributed by atoms with E-state index in [1.807, 2.05) is 13.8 Å².